The molecule has 6 nitrogen and oxygen atoms in total. The molecule has 0 saturated carbocycles. The van der Waals surface area contributed by atoms with Gasteiger partial charge in [-0.1, -0.05) is 6.08 Å². The van der Waals surface area contributed by atoms with Crippen molar-refractivity contribution in [2.75, 3.05) is 0 Å². The van der Waals surface area contributed by atoms with E-state index in [-0.39, 0.29) is 5.97 Å². The molecule has 0 aliphatic heterocycles. The lowest BCUT2D eigenvalue weighted by Gasteiger charge is -2.41. The van der Waals surface area contributed by atoms with Crippen LogP contribution in [0.5, 0.6) is 0 Å². The van der Waals surface area contributed by atoms with Crippen LogP contribution in [0.15, 0.2) is 11.6 Å². The number of carbonyl (C=O) groups excluding carboxylic acids is 1. The third-order valence-corrected chi connectivity index (χ3v) is 20.0. The molecule has 27 heavy (non-hydrogen) atoms. The van der Waals surface area contributed by atoms with Crippen LogP contribution in [0.3, 0.4) is 0 Å². The van der Waals surface area contributed by atoms with Crippen LogP contribution in [0.1, 0.15) is 13.8 Å². The topological polar surface area (TPSA) is 63.2 Å². The summed E-state index contributed by atoms with van der Waals surface area (Å²) < 4.78 is 31.0. The van der Waals surface area contributed by atoms with E-state index in [2.05, 4.69) is 32.7 Å². The first-order valence-corrected chi connectivity index (χ1v) is 24.0. The van der Waals surface area contributed by atoms with Crippen LogP contribution < -0.4 is 0 Å². The second-order valence-corrected chi connectivity index (χ2v) is 28.4. The molecule has 0 rings (SSSR count). The first kappa shape index (κ1) is 27.1. The maximum Gasteiger partial charge on any atom is 0.386 e. The Labute approximate surface area is 171 Å². The smallest absolute Gasteiger partial charge is 0.386 e. The molecule has 0 amide bonds. The van der Waals surface area contributed by atoms with E-state index in [0.29, 0.717) is 5.57 Å². The minimum atomic E-state index is -2.68. The molecule has 0 heterocycles. The van der Waals surface area contributed by atoms with Gasteiger partial charge in [-0.05, 0) is 85.9 Å². The van der Waals surface area contributed by atoms with Gasteiger partial charge < -0.3 is 20.9 Å². The van der Waals surface area contributed by atoms with E-state index in [9.17, 15) is 4.79 Å². The standard InChI is InChI=1S/C16H40O6Si5/c1-14-15(2)16(17)18-24(6,7)20-26(10,11)22-27(12,13)21-25(8,9)19-23(3,4)5/h14H,1-13H3. The van der Waals surface area contributed by atoms with Gasteiger partial charge in [0.25, 0.3) is 0 Å². The maximum absolute atomic E-state index is 12.1. The Morgan fingerprint density at radius 1 is 0.630 bits per heavy atom. The Hall–Kier alpha value is 0.134. The summed E-state index contributed by atoms with van der Waals surface area (Å²) in [7, 11) is -11.7. The number of rotatable bonds is 10. The van der Waals surface area contributed by atoms with Crippen LogP contribution >= 0.6 is 0 Å². The monoisotopic (exact) mass is 468 g/mol. The van der Waals surface area contributed by atoms with Crippen LogP contribution in [0, 0.1) is 0 Å². The van der Waals surface area contributed by atoms with Gasteiger partial charge in [0.05, 0.1) is 0 Å². The zero-order chi connectivity index (χ0) is 21.9. The second-order valence-electron chi connectivity index (χ2n) is 9.48. The van der Waals surface area contributed by atoms with Crippen LogP contribution in [-0.2, 0) is 25.7 Å². The lowest BCUT2D eigenvalue weighted by atomic mass is 10.3. The number of hydrogen-bond acceptors (Lipinski definition) is 6. The van der Waals surface area contributed by atoms with Gasteiger partial charge in [0.1, 0.15) is 0 Å². The van der Waals surface area contributed by atoms with Crippen molar-refractivity contribution in [3.05, 3.63) is 11.6 Å². The summed E-state index contributed by atoms with van der Waals surface area (Å²) in [6.07, 6.45) is 1.74. The fourth-order valence-electron chi connectivity index (χ4n) is 3.02. The van der Waals surface area contributed by atoms with Gasteiger partial charge in [0.15, 0.2) is 8.32 Å². The van der Waals surface area contributed by atoms with Crippen LogP contribution in [0.4, 0.5) is 0 Å². The number of allylic oxidation sites excluding steroid dienone is 1. The van der Waals surface area contributed by atoms with E-state index < -0.39 is 42.6 Å². The van der Waals surface area contributed by atoms with Crippen LogP contribution in [0.25, 0.3) is 0 Å². The Morgan fingerprint density at radius 2 is 0.963 bits per heavy atom. The molecule has 0 aliphatic rings. The average Bonchev–Trinajstić information content (AvgIpc) is 2.28. The van der Waals surface area contributed by atoms with E-state index in [1.165, 1.54) is 0 Å². The average molecular weight is 469 g/mol. The summed E-state index contributed by atoms with van der Waals surface area (Å²) in [4.78, 5) is 12.1. The first-order valence-electron chi connectivity index (χ1n) is 9.36. The fourth-order valence-corrected chi connectivity index (χ4v) is 25.5. The van der Waals surface area contributed by atoms with Crippen LogP contribution in [0.2, 0.25) is 72.0 Å². The SMILES string of the molecule is CC=C(C)C(=O)O[Si](C)(C)O[Si](C)(C)O[Si](C)(C)O[Si](C)(C)O[Si](C)(C)C. The summed E-state index contributed by atoms with van der Waals surface area (Å²) in [6, 6.07) is 0. The molecule has 0 aliphatic carbocycles. The molecule has 160 valence electrons. The van der Waals surface area contributed by atoms with Crippen molar-refractivity contribution in [3.63, 3.8) is 0 Å². The van der Waals surface area contributed by atoms with E-state index in [1.54, 1.807) is 13.0 Å². The van der Waals surface area contributed by atoms with Crippen molar-refractivity contribution < 1.29 is 25.7 Å². The Morgan fingerprint density at radius 3 is 1.30 bits per heavy atom. The molecule has 11 heteroatoms. The molecule has 0 aromatic heterocycles. The molecule has 0 atom stereocenters. The van der Waals surface area contributed by atoms with Crippen molar-refractivity contribution >= 4 is 48.5 Å². The highest BCUT2D eigenvalue weighted by Crippen LogP contribution is 2.26. The molecule has 0 aromatic carbocycles. The van der Waals surface area contributed by atoms with Gasteiger partial charge in [-0.3, -0.25) is 0 Å². The van der Waals surface area contributed by atoms with Crippen molar-refractivity contribution in [2.24, 2.45) is 0 Å². The molecule has 0 N–H and O–H groups in total. The van der Waals surface area contributed by atoms with E-state index >= 15 is 0 Å². The normalized spacial score (nSPS) is 15.1. The molecule has 0 fully saturated rings. The molecule has 0 bridgehead atoms. The fraction of sp³-hybridized carbons (Fsp3) is 0.812. The maximum atomic E-state index is 12.1. The summed E-state index contributed by atoms with van der Waals surface area (Å²) in [5.41, 5.74) is 0.578. The lowest BCUT2D eigenvalue weighted by molar-refractivity contribution is -0.131. The van der Waals surface area contributed by atoms with E-state index in [1.807, 2.05) is 46.2 Å². The Balaban J connectivity index is 5.08. The van der Waals surface area contributed by atoms with Gasteiger partial charge >= 0.3 is 40.2 Å². The quantitative estimate of drug-likeness (QED) is 0.324. The van der Waals surface area contributed by atoms with Crippen molar-refractivity contribution in [2.45, 2.75) is 85.9 Å². The van der Waals surface area contributed by atoms with Gasteiger partial charge in [-0.25, -0.2) is 4.79 Å². The summed E-state index contributed by atoms with van der Waals surface area (Å²) >= 11 is 0. The number of hydrogen-bond donors (Lipinski definition) is 0. The molecular formula is C16H40O6Si5. The predicted molar refractivity (Wildman–Crippen MR) is 123 cm³/mol. The minimum absolute atomic E-state index is 0.330. The summed E-state index contributed by atoms with van der Waals surface area (Å²) in [5.74, 6) is -0.330. The van der Waals surface area contributed by atoms with Crippen molar-refractivity contribution in [1.82, 2.24) is 0 Å². The third-order valence-electron chi connectivity index (χ3n) is 3.12. The van der Waals surface area contributed by atoms with Crippen LogP contribution in [-0.4, -0.2) is 48.5 Å². The van der Waals surface area contributed by atoms with Gasteiger partial charge in [-0.15, -0.1) is 0 Å². The summed E-state index contributed by atoms with van der Waals surface area (Å²) in [6.45, 7) is 25.9. The molecule has 0 saturated heterocycles. The Kier molecular flexibility index (Phi) is 9.35. The van der Waals surface area contributed by atoms with Crippen molar-refractivity contribution in [1.29, 1.82) is 0 Å². The zero-order valence-corrected chi connectivity index (χ0v) is 24.5. The molecular weight excluding hydrogens is 429 g/mol. The number of carbonyl (C=O) groups is 1. The van der Waals surface area contributed by atoms with Gasteiger partial charge in [0.2, 0.25) is 0 Å². The largest absolute Gasteiger partial charge is 0.492 e. The minimum Gasteiger partial charge on any atom is -0.492 e. The van der Waals surface area contributed by atoms with Gasteiger partial charge in [-0.2, -0.15) is 0 Å². The van der Waals surface area contributed by atoms with Crippen molar-refractivity contribution in [3.8, 4) is 0 Å². The highest BCUT2D eigenvalue weighted by atomic mass is 28.5. The molecule has 0 unspecified atom stereocenters. The lowest BCUT2D eigenvalue weighted by Crippen LogP contribution is -2.59. The van der Waals surface area contributed by atoms with E-state index in [4.69, 9.17) is 20.9 Å². The molecule has 0 radical (unpaired) electrons. The zero-order valence-electron chi connectivity index (χ0n) is 19.5. The molecule has 0 spiro atoms. The highest BCUT2D eigenvalue weighted by Gasteiger charge is 2.46. The van der Waals surface area contributed by atoms with E-state index in [0.717, 1.165) is 0 Å². The summed E-state index contributed by atoms with van der Waals surface area (Å²) in [5, 5.41) is 0. The predicted octanol–water partition coefficient (Wildman–Crippen LogP) is 5.20. The Bertz CT molecular complexity index is 552. The molecule has 0 aromatic rings. The second kappa shape index (κ2) is 9.30. The third kappa shape index (κ3) is 12.3. The first-order chi connectivity index (χ1) is 11.7. The highest BCUT2D eigenvalue weighted by molar-refractivity contribution is 6.89. The van der Waals surface area contributed by atoms with Gasteiger partial charge in [0, 0.05) is 5.57 Å².